The molecule has 3 aromatic rings. The summed E-state index contributed by atoms with van der Waals surface area (Å²) >= 11 is 0. The molecule has 5 nitrogen and oxygen atoms in total. The van der Waals surface area contributed by atoms with Crippen molar-refractivity contribution in [3.05, 3.63) is 54.4 Å². The van der Waals surface area contributed by atoms with E-state index in [1.54, 1.807) is 6.26 Å². The van der Waals surface area contributed by atoms with E-state index in [4.69, 9.17) is 9.52 Å². The third kappa shape index (κ3) is 2.38. The zero-order valence-electron chi connectivity index (χ0n) is 13.5. The summed E-state index contributed by atoms with van der Waals surface area (Å²) in [7, 11) is 0. The van der Waals surface area contributed by atoms with E-state index in [1.165, 1.54) is 0 Å². The molecule has 4 rings (SSSR count). The van der Waals surface area contributed by atoms with Crippen LogP contribution in [0.2, 0.25) is 0 Å². The maximum Gasteiger partial charge on any atom is 0.151 e. The molecule has 0 amide bonds. The summed E-state index contributed by atoms with van der Waals surface area (Å²) in [6, 6.07) is 14.1. The molecule has 23 heavy (non-hydrogen) atoms. The van der Waals surface area contributed by atoms with E-state index < -0.39 is 0 Å². The van der Waals surface area contributed by atoms with Crippen LogP contribution in [-0.2, 0) is 5.54 Å². The van der Waals surface area contributed by atoms with Crippen molar-refractivity contribution in [3.8, 4) is 11.5 Å². The maximum absolute atomic E-state index is 5.59. The van der Waals surface area contributed by atoms with E-state index in [2.05, 4.69) is 49.6 Å². The van der Waals surface area contributed by atoms with Crippen molar-refractivity contribution >= 4 is 11.4 Å². The van der Waals surface area contributed by atoms with Crippen molar-refractivity contribution < 1.29 is 4.42 Å². The summed E-state index contributed by atoms with van der Waals surface area (Å²) < 4.78 is 7.61. The van der Waals surface area contributed by atoms with Crippen LogP contribution in [0.5, 0.6) is 0 Å². The van der Waals surface area contributed by atoms with Crippen LogP contribution in [-0.4, -0.2) is 9.78 Å². The van der Waals surface area contributed by atoms with Crippen molar-refractivity contribution in [1.29, 1.82) is 0 Å². The molecule has 0 spiro atoms. The average Bonchev–Trinajstić information content (AvgIpc) is 3.23. The van der Waals surface area contributed by atoms with Gasteiger partial charge in [0, 0.05) is 0 Å². The van der Waals surface area contributed by atoms with Crippen LogP contribution in [0.15, 0.2) is 53.1 Å². The van der Waals surface area contributed by atoms with Gasteiger partial charge in [0.05, 0.1) is 23.2 Å². The van der Waals surface area contributed by atoms with Crippen LogP contribution in [0.3, 0.4) is 0 Å². The van der Waals surface area contributed by atoms with Crippen molar-refractivity contribution in [2.24, 2.45) is 0 Å². The van der Waals surface area contributed by atoms with Crippen LogP contribution < -0.4 is 10.6 Å². The average molecular weight is 308 g/mol. The number of hydrogen-bond acceptors (Lipinski definition) is 4. The molecule has 1 aliphatic rings. The lowest BCUT2D eigenvalue weighted by molar-refractivity contribution is 0.354. The van der Waals surface area contributed by atoms with E-state index in [0.29, 0.717) is 0 Å². The maximum atomic E-state index is 5.59. The van der Waals surface area contributed by atoms with Gasteiger partial charge in [-0.15, -0.1) is 0 Å². The number of benzene rings is 1. The predicted molar refractivity (Wildman–Crippen MR) is 91.4 cm³/mol. The Morgan fingerprint density at radius 2 is 1.74 bits per heavy atom. The van der Waals surface area contributed by atoms with Crippen LogP contribution in [0.25, 0.3) is 11.5 Å². The topological polar surface area (TPSA) is 55.0 Å². The van der Waals surface area contributed by atoms with Gasteiger partial charge in [-0.25, -0.2) is 0 Å². The van der Waals surface area contributed by atoms with Gasteiger partial charge in [0.25, 0.3) is 0 Å². The van der Waals surface area contributed by atoms with E-state index >= 15 is 0 Å². The number of rotatable bonds is 2. The smallest absolute Gasteiger partial charge is 0.151 e. The van der Waals surface area contributed by atoms with Gasteiger partial charge >= 0.3 is 0 Å². The van der Waals surface area contributed by atoms with E-state index in [1.807, 2.05) is 28.9 Å². The number of nitrogens with one attached hydrogen (secondary N) is 2. The molecule has 0 unspecified atom stereocenters. The number of fused-ring (bicyclic) bond motifs is 1. The Labute approximate surface area is 135 Å². The number of nitrogens with zero attached hydrogens (tertiary/aromatic N) is 2. The van der Waals surface area contributed by atoms with Gasteiger partial charge in [-0.3, -0.25) is 4.68 Å². The molecule has 118 valence electrons. The Hall–Kier alpha value is -2.69. The Morgan fingerprint density at radius 3 is 2.30 bits per heavy atom. The van der Waals surface area contributed by atoms with Crippen molar-refractivity contribution in [2.75, 3.05) is 10.6 Å². The summed E-state index contributed by atoms with van der Waals surface area (Å²) in [5, 5.41) is 11.8. The molecule has 5 heteroatoms. The quantitative estimate of drug-likeness (QED) is 0.735. The highest BCUT2D eigenvalue weighted by Gasteiger charge is 2.28. The molecule has 0 atom stereocenters. The Balaban J connectivity index is 1.74. The first-order valence-corrected chi connectivity index (χ1v) is 7.79. The van der Waals surface area contributed by atoms with Gasteiger partial charge in [0.2, 0.25) is 0 Å². The number of aromatic nitrogens is 2. The summed E-state index contributed by atoms with van der Waals surface area (Å²) in [6.07, 6.45) is 1.65. The fourth-order valence-corrected chi connectivity index (χ4v) is 2.88. The minimum Gasteiger partial charge on any atom is -0.463 e. The number of furan rings is 1. The molecule has 0 radical (unpaired) electrons. The summed E-state index contributed by atoms with van der Waals surface area (Å²) in [5.41, 5.74) is 4.00. The van der Waals surface area contributed by atoms with Gasteiger partial charge in [-0.1, -0.05) is 12.1 Å². The lowest BCUT2D eigenvalue weighted by atomic mass is 10.1. The summed E-state index contributed by atoms with van der Waals surface area (Å²) in [5.74, 6) is 0.828. The molecular weight excluding hydrogens is 288 g/mol. The Bertz CT molecular complexity index is 802. The molecule has 0 saturated carbocycles. The van der Waals surface area contributed by atoms with Crippen molar-refractivity contribution in [1.82, 2.24) is 9.78 Å². The van der Waals surface area contributed by atoms with Crippen LogP contribution in [0.1, 0.15) is 32.6 Å². The number of hydrogen-bond donors (Lipinski definition) is 2. The predicted octanol–water partition coefficient (Wildman–Crippen LogP) is 4.43. The van der Waals surface area contributed by atoms with Gasteiger partial charge in [0.1, 0.15) is 17.6 Å². The third-order valence-corrected chi connectivity index (χ3v) is 3.96. The largest absolute Gasteiger partial charge is 0.463 e. The highest BCUT2D eigenvalue weighted by Crippen LogP contribution is 2.36. The first kappa shape index (κ1) is 13.9. The molecule has 3 heterocycles. The Kier molecular flexibility index (Phi) is 2.98. The van der Waals surface area contributed by atoms with E-state index in [9.17, 15) is 0 Å². The van der Waals surface area contributed by atoms with Gasteiger partial charge in [-0.2, -0.15) is 5.10 Å². The second-order valence-corrected chi connectivity index (χ2v) is 6.78. The molecule has 1 aliphatic heterocycles. The molecule has 0 fully saturated rings. The monoisotopic (exact) mass is 308 g/mol. The minimum absolute atomic E-state index is 0.0373. The van der Waals surface area contributed by atoms with Crippen molar-refractivity contribution in [2.45, 2.75) is 32.5 Å². The minimum atomic E-state index is -0.133. The molecule has 0 saturated heterocycles. The molecule has 0 aliphatic carbocycles. The highest BCUT2D eigenvalue weighted by atomic mass is 16.3. The highest BCUT2D eigenvalue weighted by molar-refractivity contribution is 5.74. The van der Waals surface area contributed by atoms with Crippen molar-refractivity contribution in [3.63, 3.8) is 0 Å². The first-order chi connectivity index (χ1) is 11.0. The molecule has 2 N–H and O–H groups in total. The molecule has 2 aromatic heterocycles. The molecule has 0 bridgehead atoms. The first-order valence-electron chi connectivity index (χ1n) is 7.79. The SMILES string of the molecule is CC(C)(C)n1nc(C2Nc3ccccc3N2)cc1-c1ccco1. The third-order valence-electron chi connectivity index (χ3n) is 3.96. The lowest BCUT2D eigenvalue weighted by Crippen LogP contribution is -2.24. The number of para-hydroxylation sites is 2. The van der Waals surface area contributed by atoms with Gasteiger partial charge < -0.3 is 15.1 Å². The summed E-state index contributed by atoms with van der Waals surface area (Å²) in [4.78, 5) is 0. The standard InChI is InChI=1S/C18H20N4O/c1-18(2,3)22-15(16-9-6-10-23-16)11-14(21-22)17-19-12-7-4-5-8-13(12)20-17/h4-11,17,19-20H,1-3H3. The van der Waals surface area contributed by atoms with Crippen LogP contribution >= 0.6 is 0 Å². The molecular formula is C18H20N4O. The fraction of sp³-hybridized carbons (Fsp3) is 0.278. The van der Waals surface area contributed by atoms with Crippen LogP contribution in [0.4, 0.5) is 11.4 Å². The van der Waals surface area contributed by atoms with Gasteiger partial charge in [-0.05, 0) is 51.1 Å². The zero-order valence-corrected chi connectivity index (χ0v) is 13.5. The lowest BCUT2D eigenvalue weighted by Gasteiger charge is -2.21. The Morgan fingerprint density at radius 1 is 1.04 bits per heavy atom. The van der Waals surface area contributed by atoms with Gasteiger partial charge in [0.15, 0.2) is 5.76 Å². The molecule has 1 aromatic carbocycles. The number of anilines is 2. The van der Waals surface area contributed by atoms with Crippen LogP contribution in [0, 0.1) is 0 Å². The summed E-state index contributed by atoms with van der Waals surface area (Å²) in [6.45, 7) is 6.42. The zero-order chi connectivity index (χ0) is 16.0. The second-order valence-electron chi connectivity index (χ2n) is 6.78. The second kappa shape index (κ2) is 4.91. The normalized spacial score (nSPS) is 14.4. The van der Waals surface area contributed by atoms with E-state index in [0.717, 1.165) is 28.5 Å². The van der Waals surface area contributed by atoms with E-state index in [-0.39, 0.29) is 11.7 Å². The fourth-order valence-electron chi connectivity index (χ4n) is 2.88.